The van der Waals surface area contributed by atoms with Crippen molar-refractivity contribution in [1.82, 2.24) is 9.55 Å². The summed E-state index contributed by atoms with van der Waals surface area (Å²) >= 11 is 0. The molecule has 0 spiro atoms. The van der Waals surface area contributed by atoms with Gasteiger partial charge in [0.1, 0.15) is 5.82 Å². The van der Waals surface area contributed by atoms with Crippen LogP contribution in [-0.4, -0.2) is 21.0 Å². The number of para-hydroxylation sites is 2. The smallest absolute Gasteiger partial charge is 0.107 e. The van der Waals surface area contributed by atoms with Gasteiger partial charge in [-0.15, -0.1) is 5.16 Å². The van der Waals surface area contributed by atoms with Gasteiger partial charge in [-0.1, -0.05) is 23.8 Å². The average molecular weight is 257 g/mol. The SMILES string of the molecule is C/C(=C\Cn1c(C)nc2ccccc21)CC/C=N/O. The third kappa shape index (κ3) is 3.22. The number of hydrogen-bond donors (Lipinski definition) is 1. The van der Waals surface area contributed by atoms with Crippen LogP contribution in [0.1, 0.15) is 25.6 Å². The Balaban J connectivity index is 2.13. The lowest BCUT2D eigenvalue weighted by atomic mass is 10.1. The third-order valence-corrected chi connectivity index (χ3v) is 3.22. The van der Waals surface area contributed by atoms with Crippen LogP contribution in [0.15, 0.2) is 41.1 Å². The van der Waals surface area contributed by atoms with E-state index in [-0.39, 0.29) is 0 Å². The van der Waals surface area contributed by atoms with E-state index in [1.165, 1.54) is 17.3 Å². The number of fused-ring (bicyclic) bond motifs is 1. The summed E-state index contributed by atoms with van der Waals surface area (Å²) in [5.74, 6) is 1.03. The van der Waals surface area contributed by atoms with Crippen molar-refractivity contribution in [1.29, 1.82) is 0 Å². The van der Waals surface area contributed by atoms with Crippen LogP contribution in [-0.2, 0) is 6.54 Å². The Morgan fingerprint density at radius 3 is 3.00 bits per heavy atom. The predicted octanol–water partition coefficient (Wildman–Crippen LogP) is 3.53. The molecule has 100 valence electrons. The zero-order valence-electron chi connectivity index (χ0n) is 11.4. The largest absolute Gasteiger partial charge is 0.411 e. The number of allylic oxidation sites excluding steroid dienone is 2. The maximum Gasteiger partial charge on any atom is 0.107 e. The molecule has 0 saturated carbocycles. The van der Waals surface area contributed by atoms with Crippen molar-refractivity contribution in [3.8, 4) is 0 Å². The third-order valence-electron chi connectivity index (χ3n) is 3.22. The normalized spacial score (nSPS) is 12.6. The number of rotatable bonds is 5. The Morgan fingerprint density at radius 2 is 2.21 bits per heavy atom. The Morgan fingerprint density at radius 1 is 1.42 bits per heavy atom. The van der Waals surface area contributed by atoms with Crippen molar-refractivity contribution < 1.29 is 5.21 Å². The van der Waals surface area contributed by atoms with E-state index in [0.29, 0.717) is 0 Å². The fourth-order valence-corrected chi connectivity index (χ4v) is 2.13. The molecular weight excluding hydrogens is 238 g/mol. The van der Waals surface area contributed by atoms with Gasteiger partial charge in [0.25, 0.3) is 0 Å². The quantitative estimate of drug-likeness (QED) is 0.385. The second-order valence-corrected chi connectivity index (χ2v) is 4.65. The first-order valence-electron chi connectivity index (χ1n) is 6.45. The highest BCUT2D eigenvalue weighted by Crippen LogP contribution is 2.16. The number of hydrogen-bond acceptors (Lipinski definition) is 3. The molecule has 4 nitrogen and oxygen atoms in total. The van der Waals surface area contributed by atoms with E-state index in [1.54, 1.807) is 0 Å². The van der Waals surface area contributed by atoms with Crippen LogP contribution in [0.2, 0.25) is 0 Å². The number of nitrogens with zero attached hydrogens (tertiary/aromatic N) is 3. The van der Waals surface area contributed by atoms with Crippen molar-refractivity contribution in [3.63, 3.8) is 0 Å². The van der Waals surface area contributed by atoms with Gasteiger partial charge in [0.15, 0.2) is 0 Å². The van der Waals surface area contributed by atoms with Gasteiger partial charge >= 0.3 is 0 Å². The second-order valence-electron chi connectivity index (χ2n) is 4.65. The number of aryl methyl sites for hydroxylation is 1. The highest BCUT2D eigenvalue weighted by atomic mass is 16.4. The molecule has 19 heavy (non-hydrogen) atoms. The first-order valence-corrected chi connectivity index (χ1v) is 6.45. The average Bonchev–Trinajstić information content (AvgIpc) is 2.72. The van der Waals surface area contributed by atoms with Gasteiger partial charge in [0, 0.05) is 12.8 Å². The van der Waals surface area contributed by atoms with Crippen molar-refractivity contribution in [2.75, 3.05) is 0 Å². The van der Waals surface area contributed by atoms with Gasteiger partial charge in [-0.3, -0.25) is 0 Å². The summed E-state index contributed by atoms with van der Waals surface area (Å²) in [5, 5.41) is 11.4. The molecule has 1 heterocycles. The van der Waals surface area contributed by atoms with Gasteiger partial charge in [-0.25, -0.2) is 4.98 Å². The summed E-state index contributed by atoms with van der Waals surface area (Å²) in [4.78, 5) is 4.55. The summed E-state index contributed by atoms with van der Waals surface area (Å²) in [6, 6.07) is 8.17. The fraction of sp³-hybridized carbons (Fsp3) is 0.333. The molecule has 0 fully saturated rings. The molecule has 0 saturated heterocycles. The molecule has 1 N–H and O–H groups in total. The first-order chi connectivity index (χ1) is 9.22. The molecule has 0 amide bonds. The summed E-state index contributed by atoms with van der Waals surface area (Å²) in [6.07, 6.45) is 5.40. The second kappa shape index (κ2) is 6.18. The van der Waals surface area contributed by atoms with Crippen molar-refractivity contribution in [2.24, 2.45) is 5.16 Å². The highest BCUT2D eigenvalue weighted by Gasteiger charge is 2.04. The Labute approximate surface area is 113 Å². The zero-order chi connectivity index (χ0) is 13.7. The van der Waals surface area contributed by atoms with Crippen LogP contribution >= 0.6 is 0 Å². The minimum atomic E-state index is 0.766. The van der Waals surface area contributed by atoms with Crippen LogP contribution in [0.3, 0.4) is 0 Å². The van der Waals surface area contributed by atoms with E-state index in [1.807, 2.05) is 25.1 Å². The number of aromatic nitrogens is 2. The van der Waals surface area contributed by atoms with Crippen LogP contribution in [0.4, 0.5) is 0 Å². The Bertz CT molecular complexity index is 611. The highest BCUT2D eigenvalue weighted by molar-refractivity contribution is 5.75. The molecule has 0 aliphatic heterocycles. The molecule has 1 aromatic carbocycles. The van der Waals surface area contributed by atoms with Crippen molar-refractivity contribution in [3.05, 3.63) is 41.7 Å². The van der Waals surface area contributed by atoms with Crippen LogP contribution in [0.25, 0.3) is 11.0 Å². The van der Waals surface area contributed by atoms with E-state index in [9.17, 15) is 0 Å². The molecule has 0 aliphatic rings. The number of benzene rings is 1. The molecular formula is C15H19N3O. The minimum Gasteiger partial charge on any atom is -0.411 e. The molecule has 0 radical (unpaired) electrons. The van der Waals surface area contributed by atoms with Crippen LogP contribution in [0, 0.1) is 6.92 Å². The molecule has 4 heteroatoms. The lowest BCUT2D eigenvalue weighted by Crippen LogP contribution is -1.98. The molecule has 0 atom stereocenters. The molecule has 0 unspecified atom stereocenters. The van der Waals surface area contributed by atoms with Crippen LogP contribution < -0.4 is 0 Å². The van der Waals surface area contributed by atoms with Gasteiger partial charge < -0.3 is 9.77 Å². The molecule has 0 bridgehead atoms. The summed E-state index contributed by atoms with van der Waals surface area (Å²) in [5.41, 5.74) is 3.50. The molecule has 2 aromatic rings. The van der Waals surface area contributed by atoms with E-state index >= 15 is 0 Å². The summed E-state index contributed by atoms with van der Waals surface area (Å²) in [6.45, 7) is 4.95. The van der Waals surface area contributed by atoms with E-state index in [0.717, 1.165) is 30.7 Å². The van der Waals surface area contributed by atoms with Gasteiger partial charge in [-0.2, -0.15) is 0 Å². The maximum absolute atomic E-state index is 8.35. The van der Waals surface area contributed by atoms with Gasteiger partial charge in [0.05, 0.1) is 11.0 Å². The van der Waals surface area contributed by atoms with Crippen LogP contribution in [0.5, 0.6) is 0 Å². The summed E-state index contributed by atoms with van der Waals surface area (Å²) < 4.78 is 2.21. The van der Waals surface area contributed by atoms with E-state index < -0.39 is 0 Å². The Kier molecular flexibility index (Phi) is 4.34. The van der Waals surface area contributed by atoms with Gasteiger partial charge in [-0.05, 0) is 38.8 Å². The zero-order valence-corrected chi connectivity index (χ0v) is 11.4. The Hall–Kier alpha value is -2.10. The molecule has 2 rings (SSSR count). The topological polar surface area (TPSA) is 50.4 Å². The predicted molar refractivity (Wildman–Crippen MR) is 77.7 cm³/mol. The lowest BCUT2D eigenvalue weighted by Gasteiger charge is -2.04. The first kappa shape index (κ1) is 13.3. The maximum atomic E-state index is 8.35. The van der Waals surface area contributed by atoms with E-state index in [4.69, 9.17) is 5.21 Å². The lowest BCUT2D eigenvalue weighted by molar-refractivity contribution is 0.320. The molecule has 0 aliphatic carbocycles. The van der Waals surface area contributed by atoms with E-state index in [2.05, 4.69) is 33.8 Å². The van der Waals surface area contributed by atoms with Crippen molar-refractivity contribution in [2.45, 2.75) is 33.2 Å². The standard InChI is InChI=1S/C15H19N3O/c1-12(6-5-10-16-19)9-11-18-13(2)17-14-7-3-4-8-15(14)18/h3-4,7-10,19H,5-6,11H2,1-2H3/b12-9+,16-10+. The fourth-order valence-electron chi connectivity index (χ4n) is 2.13. The minimum absolute atomic E-state index is 0.766. The van der Waals surface area contributed by atoms with Gasteiger partial charge in [0.2, 0.25) is 0 Å². The molecule has 1 aromatic heterocycles. The van der Waals surface area contributed by atoms with Crippen molar-refractivity contribution >= 4 is 17.2 Å². The monoisotopic (exact) mass is 257 g/mol. The summed E-state index contributed by atoms with van der Waals surface area (Å²) in [7, 11) is 0. The number of imidazole rings is 1. The number of oxime groups is 1.